The number of piperidine rings is 1. The molecule has 112 valence electrons. The number of carbonyl (C=O) groups is 1. The number of hydrogen-bond donors (Lipinski definition) is 0. The van der Waals surface area contributed by atoms with Crippen molar-refractivity contribution in [3.8, 4) is 0 Å². The third kappa shape index (κ3) is 3.53. The Labute approximate surface area is 126 Å². The molecule has 2 aliphatic heterocycles. The normalized spacial score (nSPS) is 24.1. The van der Waals surface area contributed by atoms with Gasteiger partial charge in [-0.2, -0.15) is 0 Å². The van der Waals surface area contributed by atoms with E-state index in [1.807, 2.05) is 6.07 Å². The minimum atomic E-state index is -0.0996. The second-order valence-corrected chi connectivity index (χ2v) is 5.91. The summed E-state index contributed by atoms with van der Waals surface area (Å²) in [5, 5.41) is 0. The van der Waals surface area contributed by atoms with Crippen LogP contribution in [0.5, 0.6) is 0 Å². The van der Waals surface area contributed by atoms with E-state index in [4.69, 9.17) is 4.74 Å². The third-order valence-electron chi connectivity index (χ3n) is 4.38. The average Bonchev–Trinajstić information content (AvgIpc) is 2.74. The summed E-state index contributed by atoms with van der Waals surface area (Å²) >= 11 is 0. The topological polar surface area (TPSA) is 29.5 Å². The number of ether oxygens (including phenoxy) is 1. The van der Waals surface area contributed by atoms with Crippen LogP contribution in [0.4, 0.5) is 0 Å². The van der Waals surface area contributed by atoms with Crippen LogP contribution in [0.25, 0.3) is 0 Å². The van der Waals surface area contributed by atoms with Gasteiger partial charge in [0.25, 0.3) is 0 Å². The molecule has 3 rings (SSSR count). The highest BCUT2D eigenvalue weighted by atomic mass is 16.5. The zero-order valence-electron chi connectivity index (χ0n) is 12.5. The summed E-state index contributed by atoms with van der Waals surface area (Å²) in [4.78, 5) is 14.6. The van der Waals surface area contributed by atoms with E-state index in [2.05, 4.69) is 35.2 Å². The Morgan fingerprint density at radius 1 is 1.14 bits per heavy atom. The van der Waals surface area contributed by atoms with E-state index in [0.29, 0.717) is 6.61 Å². The molecule has 1 unspecified atom stereocenters. The van der Waals surface area contributed by atoms with Gasteiger partial charge in [-0.3, -0.25) is 4.90 Å². The summed E-state index contributed by atoms with van der Waals surface area (Å²) in [5.74, 6) is -0.0996. The van der Waals surface area contributed by atoms with Gasteiger partial charge < -0.3 is 4.74 Å². The Morgan fingerprint density at radius 3 is 2.86 bits per heavy atom. The number of benzene rings is 1. The molecule has 1 aromatic rings. The van der Waals surface area contributed by atoms with Gasteiger partial charge in [-0.05, 0) is 37.8 Å². The number of nitrogens with zero attached hydrogens (tertiary/aromatic N) is 1. The van der Waals surface area contributed by atoms with Crippen LogP contribution >= 0.6 is 0 Å². The molecule has 0 aliphatic carbocycles. The van der Waals surface area contributed by atoms with Crippen molar-refractivity contribution < 1.29 is 9.53 Å². The fourth-order valence-corrected chi connectivity index (χ4v) is 3.29. The van der Waals surface area contributed by atoms with Gasteiger partial charge in [0.15, 0.2) is 0 Å². The Hall–Kier alpha value is -1.61. The van der Waals surface area contributed by atoms with Crippen LogP contribution in [0.2, 0.25) is 0 Å². The van der Waals surface area contributed by atoms with E-state index in [0.717, 1.165) is 37.9 Å². The van der Waals surface area contributed by atoms with Crippen molar-refractivity contribution in [1.29, 1.82) is 0 Å². The first kappa shape index (κ1) is 14.3. The maximum absolute atomic E-state index is 12.2. The predicted octanol–water partition coefficient (Wildman–Crippen LogP) is 3.30. The van der Waals surface area contributed by atoms with Crippen LogP contribution < -0.4 is 0 Å². The predicted molar refractivity (Wildman–Crippen MR) is 82.8 cm³/mol. The van der Waals surface area contributed by atoms with Gasteiger partial charge >= 0.3 is 5.97 Å². The van der Waals surface area contributed by atoms with Crippen molar-refractivity contribution in [3.63, 3.8) is 0 Å². The highest BCUT2D eigenvalue weighted by molar-refractivity contribution is 5.90. The molecule has 1 fully saturated rings. The van der Waals surface area contributed by atoms with E-state index >= 15 is 0 Å². The second-order valence-electron chi connectivity index (χ2n) is 5.91. The lowest BCUT2D eigenvalue weighted by atomic mass is 9.93. The SMILES string of the molecule is O=C1OCCCC=C1C1CCCCN1Cc1ccccc1. The number of allylic oxidation sites excluding steroid dienone is 1. The van der Waals surface area contributed by atoms with Gasteiger partial charge in [0.1, 0.15) is 0 Å². The second kappa shape index (κ2) is 6.90. The lowest BCUT2D eigenvalue weighted by Gasteiger charge is -2.36. The highest BCUT2D eigenvalue weighted by Crippen LogP contribution is 2.27. The molecule has 1 saturated heterocycles. The number of esters is 1. The summed E-state index contributed by atoms with van der Waals surface area (Å²) in [6.07, 6.45) is 7.49. The minimum Gasteiger partial charge on any atom is -0.462 e. The van der Waals surface area contributed by atoms with Crippen LogP contribution in [0, 0.1) is 0 Å². The fraction of sp³-hybridized carbons (Fsp3) is 0.500. The third-order valence-corrected chi connectivity index (χ3v) is 4.38. The van der Waals surface area contributed by atoms with Gasteiger partial charge in [0.2, 0.25) is 0 Å². The maximum Gasteiger partial charge on any atom is 0.335 e. The molecule has 3 nitrogen and oxygen atoms in total. The largest absolute Gasteiger partial charge is 0.462 e. The smallest absolute Gasteiger partial charge is 0.335 e. The minimum absolute atomic E-state index is 0.0996. The number of hydrogen-bond acceptors (Lipinski definition) is 3. The molecule has 0 aromatic heterocycles. The Kier molecular flexibility index (Phi) is 4.71. The van der Waals surface area contributed by atoms with Gasteiger partial charge in [-0.1, -0.05) is 42.8 Å². The summed E-state index contributed by atoms with van der Waals surface area (Å²) in [7, 11) is 0. The molecule has 0 amide bonds. The van der Waals surface area contributed by atoms with E-state index in [-0.39, 0.29) is 12.0 Å². The van der Waals surface area contributed by atoms with Gasteiger partial charge in [0.05, 0.1) is 12.2 Å². The van der Waals surface area contributed by atoms with E-state index in [1.54, 1.807) is 0 Å². The molecule has 0 saturated carbocycles. The monoisotopic (exact) mass is 285 g/mol. The van der Waals surface area contributed by atoms with Crippen molar-refractivity contribution in [2.45, 2.75) is 44.7 Å². The van der Waals surface area contributed by atoms with Crippen molar-refractivity contribution in [2.75, 3.05) is 13.2 Å². The number of carbonyl (C=O) groups excluding carboxylic acids is 1. The standard InChI is InChI=1S/C18H23NO2/c20-18-16(10-5-7-13-21-18)17-11-4-6-12-19(17)14-15-8-2-1-3-9-15/h1-3,8-10,17H,4-7,11-14H2. The highest BCUT2D eigenvalue weighted by Gasteiger charge is 2.30. The first-order valence-electron chi connectivity index (χ1n) is 8.00. The van der Waals surface area contributed by atoms with Crippen molar-refractivity contribution in [2.24, 2.45) is 0 Å². The average molecular weight is 285 g/mol. The molecular formula is C18H23NO2. The van der Waals surface area contributed by atoms with Crippen LogP contribution in [0.1, 0.15) is 37.7 Å². The zero-order valence-corrected chi connectivity index (χ0v) is 12.5. The first-order valence-corrected chi connectivity index (χ1v) is 8.00. The molecular weight excluding hydrogens is 262 g/mol. The fourth-order valence-electron chi connectivity index (χ4n) is 3.29. The van der Waals surface area contributed by atoms with Gasteiger partial charge in [-0.15, -0.1) is 0 Å². The Morgan fingerprint density at radius 2 is 2.00 bits per heavy atom. The van der Waals surface area contributed by atoms with Crippen LogP contribution in [-0.2, 0) is 16.1 Å². The molecule has 0 spiro atoms. The molecule has 0 bridgehead atoms. The van der Waals surface area contributed by atoms with E-state index in [9.17, 15) is 4.79 Å². The quantitative estimate of drug-likeness (QED) is 0.798. The summed E-state index contributed by atoms with van der Waals surface area (Å²) in [5.41, 5.74) is 2.20. The Balaban J connectivity index is 1.77. The van der Waals surface area contributed by atoms with E-state index < -0.39 is 0 Å². The molecule has 2 heterocycles. The van der Waals surface area contributed by atoms with Crippen molar-refractivity contribution in [1.82, 2.24) is 4.90 Å². The molecule has 3 heteroatoms. The van der Waals surface area contributed by atoms with E-state index in [1.165, 1.54) is 18.4 Å². The molecule has 21 heavy (non-hydrogen) atoms. The van der Waals surface area contributed by atoms with Gasteiger partial charge in [-0.25, -0.2) is 4.79 Å². The van der Waals surface area contributed by atoms with Gasteiger partial charge in [0, 0.05) is 12.6 Å². The van der Waals surface area contributed by atoms with Crippen molar-refractivity contribution in [3.05, 3.63) is 47.5 Å². The molecule has 1 aromatic carbocycles. The zero-order chi connectivity index (χ0) is 14.5. The summed E-state index contributed by atoms with van der Waals surface area (Å²) in [6, 6.07) is 10.7. The van der Waals surface area contributed by atoms with Crippen LogP contribution in [0.3, 0.4) is 0 Å². The van der Waals surface area contributed by atoms with Crippen LogP contribution in [-0.4, -0.2) is 30.1 Å². The number of cyclic esters (lactones) is 1. The van der Waals surface area contributed by atoms with Crippen LogP contribution in [0.15, 0.2) is 42.0 Å². The lowest BCUT2D eigenvalue weighted by Crippen LogP contribution is -2.42. The molecule has 0 N–H and O–H groups in total. The molecule has 1 atom stereocenters. The maximum atomic E-state index is 12.2. The molecule has 2 aliphatic rings. The summed E-state index contributed by atoms with van der Waals surface area (Å²) < 4.78 is 5.33. The van der Waals surface area contributed by atoms with Crippen molar-refractivity contribution >= 4 is 5.97 Å². The number of rotatable bonds is 3. The molecule has 0 radical (unpaired) electrons. The first-order chi connectivity index (χ1) is 10.3. The summed E-state index contributed by atoms with van der Waals surface area (Å²) in [6.45, 7) is 2.53. The number of likely N-dealkylation sites (tertiary alicyclic amines) is 1. The lowest BCUT2D eigenvalue weighted by molar-refractivity contribution is -0.139. The Bertz CT molecular complexity index is 509.